The lowest BCUT2D eigenvalue weighted by atomic mass is 10.2. The molecule has 0 amide bonds. The molecule has 2 fully saturated rings. The number of rotatable bonds is 3. The van der Waals surface area contributed by atoms with Gasteiger partial charge in [-0.25, -0.2) is 13.2 Å². The van der Waals surface area contributed by atoms with Crippen LogP contribution < -0.4 is 16.6 Å². The van der Waals surface area contributed by atoms with Crippen molar-refractivity contribution in [2.75, 3.05) is 39.3 Å². The molecule has 0 aliphatic carbocycles. The summed E-state index contributed by atoms with van der Waals surface area (Å²) in [5, 5.41) is 3.31. The van der Waals surface area contributed by atoms with Gasteiger partial charge in [-0.2, -0.15) is 4.31 Å². The first-order valence-electron chi connectivity index (χ1n) is 8.04. The van der Waals surface area contributed by atoms with Gasteiger partial charge in [-0.3, -0.25) is 14.3 Å². The number of piperazine rings is 1. The van der Waals surface area contributed by atoms with Gasteiger partial charge in [0.05, 0.1) is 0 Å². The summed E-state index contributed by atoms with van der Waals surface area (Å²) >= 11 is 0. The Hall–Kier alpha value is -1.20. The molecule has 0 radical (unpaired) electrons. The van der Waals surface area contributed by atoms with Gasteiger partial charge in [-0.05, 0) is 13.0 Å². The highest BCUT2D eigenvalue weighted by Crippen LogP contribution is 2.17. The summed E-state index contributed by atoms with van der Waals surface area (Å²) < 4.78 is 28.9. The van der Waals surface area contributed by atoms with Crippen LogP contribution in [0.4, 0.5) is 0 Å². The Kier molecular flexibility index (Phi) is 6.10. The van der Waals surface area contributed by atoms with Crippen LogP contribution in [0.3, 0.4) is 0 Å². The molecule has 142 valence electrons. The zero-order chi connectivity index (χ0) is 17.5. The number of aromatic nitrogens is 2. The SMILES string of the molecule is Cl.Cn1cc(S(=O)(=O)N2CCN(C3CCNC3)CC2)c(=O)n(C)c1=O. The molecule has 3 heterocycles. The number of sulfonamides is 1. The molecule has 3 rings (SSSR count). The van der Waals surface area contributed by atoms with Crippen molar-refractivity contribution in [1.82, 2.24) is 23.7 Å². The van der Waals surface area contributed by atoms with Gasteiger partial charge < -0.3 is 9.88 Å². The van der Waals surface area contributed by atoms with Crippen molar-refractivity contribution < 1.29 is 8.42 Å². The van der Waals surface area contributed by atoms with E-state index in [1.807, 2.05) is 0 Å². The molecule has 0 bridgehead atoms. The third-order valence-electron chi connectivity index (χ3n) is 4.86. The lowest BCUT2D eigenvalue weighted by Crippen LogP contribution is -2.53. The molecule has 0 spiro atoms. The third kappa shape index (κ3) is 3.68. The van der Waals surface area contributed by atoms with Gasteiger partial charge in [0, 0.05) is 59.1 Å². The minimum Gasteiger partial charge on any atom is -0.315 e. The van der Waals surface area contributed by atoms with Gasteiger partial charge in [0.1, 0.15) is 0 Å². The van der Waals surface area contributed by atoms with Crippen molar-refractivity contribution in [2.24, 2.45) is 14.1 Å². The minimum atomic E-state index is -3.90. The molecule has 2 aliphatic rings. The van der Waals surface area contributed by atoms with E-state index < -0.39 is 21.3 Å². The Labute approximate surface area is 152 Å². The van der Waals surface area contributed by atoms with Crippen LogP contribution in [0.5, 0.6) is 0 Å². The fourth-order valence-corrected chi connectivity index (χ4v) is 4.92. The van der Waals surface area contributed by atoms with E-state index in [9.17, 15) is 18.0 Å². The molecule has 2 saturated heterocycles. The summed E-state index contributed by atoms with van der Waals surface area (Å²) in [6.45, 7) is 3.94. The van der Waals surface area contributed by atoms with Crippen LogP contribution >= 0.6 is 12.4 Å². The van der Waals surface area contributed by atoms with Crippen LogP contribution in [-0.2, 0) is 24.1 Å². The summed E-state index contributed by atoms with van der Waals surface area (Å²) in [5.41, 5.74) is -1.32. The number of aryl methyl sites for hydroxylation is 1. The van der Waals surface area contributed by atoms with Gasteiger partial charge in [0.2, 0.25) is 10.0 Å². The quantitative estimate of drug-likeness (QED) is 0.649. The standard InChI is InChI=1S/C14H23N5O4S.ClH/c1-16-10-12(13(20)17(2)14(16)21)24(22,23)19-7-5-18(6-8-19)11-3-4-15-9-11;/h10-11,15H,3-9H2,1-2H3;1H. The number of hydrogen-bond donors (Lipinski definition) is 1. The first-order chi connectivity index (χ1) is 11.3. The van der Waals surface area contributed by atoms with Crippen LogP contribution in [-0.4, -0.2) is 72.1 Å². The van der Waals surface area contributed by atoms with Crippen LogP contribution in [0, 0.1) is 0 Å². The second-order valence-corrected chi connectivity index (χ2v) is 8.24. The summed E-state index contributed by atoms with van der Waals surface area (Å²) in [4.78, 5) is 25.9. The number of hydrogen-bond acceptors (Lipinski definition) is 6. The maximum absolute atomic E-state index is 12.8. The first-order valence-corrected chi connectivity index (χ1v) is 9.48. The van der Waals surface area contributed by atoms with Gasteiger partial charge in [-0.1, -0.05) is 0 Å². The Morgan fingerprint density at radius 1 is 1.12 bits per heavy atom. The zero-order valence-electron chi connectivity index (χ0n) is 14.3. The van der Waals surface area contributed by atoms with Crippen LogP contribution in [0.1, 0.15) is 6.42 Å². The van der Waals surface area contributed by atoms with Gasteiger partial charge >= 0.3 is 5.69 Å². The lowest BCUT2D eigenvalue weighted by Gasteiger charge is -2.37. The predicted molar refractivity (Wildman–Crippen MR) is 95.8 cm³/mol. The van der Waals surface area contributed by atoms with Gasteiger partial charge in [-0.15, -0.1) is 12.4 Å². The molecule has 1 aromatic heterocycles. The topological polar surface area (TPSA) is 96.7 Å². The molecule has 25 heavy (non-hydrogen) atoms. The summed E-state index contributed by atoms with van der Waals surface area (Å²) in [6, 6.07) is 0.459. The zero-order valence-corrected chi connectivity index (χ0v) is 16.0. The molecule has 11 heteroatoms. The smallest absolute Gasteiger partial charge is 0.315 e. The number of nitrogens with zero attached hydrogens (tertiary/aromatic N) is 4. The fraction of sp³-hybridized carbons (Fsp3) is 0.714. The molecule has 1 aromatic rings. The highest BCUT2D eigenvalue weighted by molar-refractivity contribution is 7.89. The van der Waals surface area contributed by atoms with E-state index in [0.717, 1.165) is 34.8 Å². The molecule has 0 saturated carbocycles. The molecular formula is C14H24ClN5O4S. The van der Waals surface area contributed by atoms with Crippen molar-refractivity contribution in [3.05, 3.63) is 27.0 Å². The minimum absolute atomic E-state index is 0. The van der Waals surface area contributed by atoms with Crippen molar-refractivity contribution in [1.29, 1.82) is 0 Å². The van der Waals surface area contributed by atoms with E-state index in [1.165, 1.54) is 18.4 Å². The summed E-state index contributed by atoms with van der Waals surface area (Å²) in [6.07, 6.45) is 2.20. The second-order valence-electron chi connectivity index (χ2n) is 6.34. The third-order valence-corrected chi connectivity index (χ3v) is 6.74. The molecule has 1 N–H and O–H groups in total. The lowest BCUT2D eigenvalue weighted by molar-refractivity contribution is 0.145. The summed E-state index contributed by atoms with van der Waals surface area (Å²) in [7, 11) is -1.18. The Morgan fingerprint density at radius 3 is 2.32 bits per heavy atom. The molecule has 0 aromatic carbocycles. The maximum atomic E-state index is 12.8. The van der Waals surface area contributed by atoms with E-state index >= 15 is 0 Å². The first kappa shape index (κ1) is 20.1. The van der Waals surface area contributed by atoms with E-state index in [-0.39, 0.29) is 17.3 Å². The number of nitrogens with one attached hydrogen (secondary N) is 1. The largest absolute Gasteiger partial charge is 0.330 e. The highest BCUT2D eigenvalue weighted by Gasteiger charge is 2.34. The van der Waals surface area contributed by atoms with Crippen molar-refractivity contribution in [3.8, 4) is 0 Å². The molecule has 9 nitrogen and oxygen atoms in total. The fourth-order valence-electron chi connectivity index (χ4n) is 3.35. The van der Waals surface area contributed by atoms with Gasteiger partial charge in [0.15, 0.2) is 4.90 Å². The number of halogens is 1. The predicted octanol–water partition coefficient (Wildman–Crippen LogP) is -1.83. The van der Waals surface area contributed by atoms with Crippen LogP contribution in [0.2, 0.25) is 0 Å². The molecule has 1 atom stereocenters. The van der Waals surface area contributed by atoms with E-state index in [2.05, 4.69) is 10.2 Å². The monoisotopic (exact) mass is 393 g/mol. The van der Waals surface area contributed by atoms with Crippen LogP contribution in [0.15, 0.2) is 20.7 Å². The molecular weight excluding hydrogens is 370 g/mol. The van der Waals surface area contributed by atoms with Crippen molar-refractivity contribution in [2.45, 2.75) is 17.4 Å². The average Bonchev–Trinajstić information content (AvgIpc) is 3.10. The Morgan fingerprint density at radius 2 is 1.76 bits per heavy atom. The maximum Gasteiger partial charge on any atom is 0.330 e. The van der Waals surface area contributed by atoms with Crippen molar-refractivity contribution in [3.63, 3.8) is 0 Å². The van der Waals surface area contributed by atoms with Gasteiger partial charge in [0.25, 0.3) is 5.56 Å². The highest BCUT2D eigenvalue weighted by atomic mass is 35.5. The Bertz CT molecular complexity index is 836. The van der Waals surface area contributed by atoms with E-state index in [1.54, 1.807) is 0 Å². The van der Waals surface area contributed by atoms with Crippen LogP contribution in [0.25, 0.3) is 0 Å². The molecule has 1 unspecified atom stereocenters. The van der Waals surface area contributed by atoms with E-state index in [4.69, 9.17) is 0 Å². The normalized spacial score (nSPS) is 22.7. The molecule has 2 aliphatic heterocycles. The van der Waals surface area contributed by atoms with E-state index in [0.29, 0.717) is 32.2 Å². The Balaban J connectivity index is 0.00000225. The second kappa shape index (κ2) is 7.58. The average molecular weight is 394 g/mol. The summed E-state index contributed by atoms with van der Waals surface area (Å²) in [5.74, 6) is 0. The van der Waals surface area contributed by atoms with Crippen molar-refractivity contribution >= 4 is 22.4 Å².